The Kier molecular flexibility index (Phi) is 7.96. The third kappa shape index (κ3) is 6.83. The van der Waals surface area contributed by atoms with Crippen LogP contribution in [-0.4, -0.2) is 32.2 Å². The molecule has 0 spiro atoms. The number of nitrogens with zero attached hydrogens (tertiary/aromatic N) is 1. The first-order valence-corrected chi connectivity index (χ1v) is 7.08. The number of nitrogens with one attached hydrogen (secondary N) is 2. The fourth-order valence-electron chi connectivity index (χ4n) is 1.59. The van der Waals surface area contributed by atoms with Crippen LogP contribution in [0.4, 0.5) is 0 Å². The molecule has 0 atom stereocenters. The molecule has 1 aromatic rings. The molecule has 0 heterocycles. The molecule has 2 N–H and O–H groups in total. The quantitative estimate of drug-likeness (QED) is 0.332. The molecule has 0 amide bonds. The van der Waals surface area contributed by atoms with E-state index in [1.807, 2.05) is 25.1 Å². The van der Waals surface area contributed by atoms with Gasteiger partial charge in [0.2, 0.25) is 0 Å². The van der Waals surface area contributed by atoms with Crippen molar-refractivity contribution in [2.24, 2.45) is 4.99 Å². The van der Waals surface area contributed by atoms with Crippen molar-refractivity contribution < 1.29 is 4.74 Å². The molecule has 0 radical (unpaired) electrons. The lowest BCUT2D eigenvalue weighted by Crippen LogP contribution is -2.37. The summed E-state index contributed by atoms with van der Waals surface area (Å²) < 4.78 is 5.66. The Bertz CT molecular complexity index is 412. The summed E-state index contributed by atoms with van der Waals surface area (Å²) in [7, 11) is 0. The van der Waals surface area contributed by atoms with Gasteiger partial charge in [-0.05, 0) is 26.0 Å². The summed E-state index contributed by atoms with van der Waals surface area (Å²) in [6.07, 6.45) is 2.70. The monoisotopic (exact) mass is 275 g/mol. The Hall–Kier alpha value is -1.97. The molecule has 0 bridgehead atoms. The van der Waals surface area contributed by atoms with Gasteiger partial charge in [0, 0.05) is 26.1 Å². The standard InChI is InChI=1S/C16H25N3O/c1-4-11-18-16(17-5-2)19-12-6-13-20-15-9-7-14(3)8-10-15/h4,7-10H,1,5-6,11-13H2,2-3H3,(H2,17,18,19). The van der Waals surface area contributed by atoms with E-state index in [4.69, 9.17) is 4.74 Å². The highest BCUT2D eigenvalue weighted by Crippen LogP contribution is 2.11. The molecule has 1 aromatic carbocycles. The summed E-state index contributed by atoms with van der Waals surface area (Å²) in [4.78, 5) is 4.46. The van der Waals surface area contributed by atoms with Gasteiger partial charge in [-0.2, -0.15) is 0 Å². The number of aliphatic imine (C=N–C) groups is 1. The highest BCUT2D eigenvalue weighted by atomic mass is 16.5. The van der Waals surface area contributed by atoms with E-state index in [9.17, 15) is 0 Å². The van der Waals surface area contributed by atoms with Crippen LogP contribution in [0.3, 0.4) is 0 Å². The van der Waals surface area contributed by atoms with Crippen molar-refractivity contribution in [3.63, 3.8) is 0 Å². The minimum absolute atomic E-state index is 0.674. The number of ether oxygens (including phenoxy) is 1. The van der Waals surface area contributed by atoms with Crippen LogP contribution in [0.5, 0.6) is 5.75 Å². The number of rotatable bonds is 8. The maximum absolute atomic E-state index is 5.66. The summed E-state index contributed by atoms with van der Waals surface area (Å²) in [6, 6.07) is 8.09. The largest absolute Gasteiger partial charge is 0.494 e. The summed E-state index contributed by atoms with van der Waals surface area (Å²) in [5.41, 5.74) is 1.24. The molecule has 0 aliphatic carbocycles. The van der Waals surface area contributed by atoms with E-state index in [0.29, 0.717) is 13.2 Å². The smallest absolute Gasteiger partial charge is 0.191 e. The molecule has 0 saturated carbocycles. The van der Waals surface area contributed by atoms with Crippen LogP contribution < -0.4 is 15.4 Å². The van der Waals surface area contributed by atoms with Crippen LogP contribution in [0, 0.1) is 6.92 Å². The molecule has 4 heteroatoms. The first kappa shape index (κ1) is 16.1. The minimum Gasteiger partial charge on any atom is -0.494 e. The van der Waals surface area contributed by atoms with Crippen LogP contribution >= 0.6 is 0 Å². The zero-order chi connectivity index (χ0) is 14.6. The molecular formula is C16H25N3O. The molecule has 0 saturated heterocycles. The lowest BCUT2D eigenvalue weighted by molar-refractivity contribution is 0.313. The Morgan fingerprint density at radius 1 is 1.30 bits per heavy atom. The normalized spacial score (nSPS) is 11.0. The topological polar surface area (TPSA) is 45.7 Å². The van der Waals surface area contributed by atoms with E-state index >= 15 is 0 Å². The van der Waals surface area contributed by atoms with Crippen molar-refractivity contribution in [1.29, 1.82) is 0 Å². The van der Waals surface area contributed by atoms with Gasteiger partial charge in [-0.15, -0.1) is 6.58 Å². The number of benzene rings is 1. The number of guanidine groups is 1. The average molecular weight is 275 g/mol. The van der Waals surface area contributed by atoms with E-state index in [2.05, 4.69) is 41.3 Å². The number of aryl methyl sites for hydroxylation is 1. The molecule has 1 rings (SSSR count). The lowest BCUT2D eigenvalue weighted by Gasteiger charge is -2.09. The summed E-state index contributed by atoms with van der Waals surface area (Å²) in [5.74, 6) is 1.74. The summed E-state index contributed by atoms with van der Waals surface area (Å²) in [6.45, 7) is 10.8. The van der Waals surface area contributed by atoms with Gasteiger partial charge in [-0.25, -0.2) is 0 Å². The number of hydrogen-bond donors (Lipinski definition) is 2. The second-order valence-electron chi connectivity index (χ2n) is 4.45. The fourth-order valence-corrected chi connectivity index (χ4v) is 1.59. The van der Waals surface area contributed by atoms with E-state index in [1.165, 1.54) is 5.56 Å². The second-order valence-corrected chi connectivity index (χ2v) is 4.45. The van der Waals surface area contributed by atoms with Crippen molar-refractivity contribution in [2.45, 2.75) is 20.3 Å². The maximum atomic E-state index is 5.66. The van der Waals surface area contributed by atoms with Gasteiger partial charge in [-0.1, -0.05) is 23.8 Å². The van der Waals surface area contributed by atoms with Crippen molar-refractivity contribution in [1.82, 2.24) is 10.6 Å². The van der Waals surface area contributed by atoms with Crippen LogP contribution in [0.1, 0.15) is 18.9 Å². The first-order valence-electron chi connectivity index (χ1n) is 7.08. The van der Waals surface area contributed by atoms with Gasteiger partial charge in [0.25, 0.3) is 0 Å². The Morgan fingerprint density at radius 2 is 2.05 bits per heavy atom. The number of hydrogen-bond acceptors (Lipinski definition) is 2. The third-order valence-electron chi connectivity index (χ3n) is 2.62. The minimum atomic E-state index is 0.674. The van der Waals surface area contributed by atoms with E-state index in [-0.39, 0.29) is 0 Å². The van der Waals surface area contributed by atoms with Crippen LogP contribution in [0.25, 0.3) is 0 Å². The van der Waals surface area contributed by atoms with E-state index < -0.39 is 0 Å². The summed E-state index contributed by atoms with van der Waals surface area (Å²) in [5, 5.41) is 6.35. The van der Waals surface area contributed by atoms with Gasteiger partial charge in [0.15, 0.2) is 5.96 Å². The van der Waals surface area contributed by atoms with Crippen molar-refractivity contribution in [3.8, 4) is 5.75 Å². The van der Waals surface area contributed by atoms with Crippen LogP contribution in [-0.2, 0) is 0 Å². The third-order valence-corrected chi connectivity index (χ3v) is 2.62. The molecule has 0 unspecified atom stereocenters. The zero-order valence-electron chi connectivity index (χ0n) is 12.5. The molecule has 0 aliphatic heterocycles. The van der Waals surface area contributed by atoms with Gasteiger partial charge in [-0.3, -0.25) is 4.99 Å². The van der Waals surface area contributed by atoms with Gasteiger partial charge in [0.05, 0.1) is 6.61 Å². The van der Waals surface area contributed by atoms with Crippen molar-refractivity contribution in [3.05, 3.63) is 42.5 Å². The molecule has 110 valence electrons. The summed E-state index contributed by atoms with van der Waals surface area (Å²) >= 11 is 0. The molecule has 0 aliphatic rings. The molecule has 4 nitrogen and oxygen atoms in total. The average Bonchev–Trinajstić information content (AvgIpc) is 2.46. The van der Waals surface area contributed by atoms with Crippen molar-refractivity contribution in [2.75, 3.05) is 26.2 Å². The molecule has 0 aromatic heterocycles. The van der Waals surface area contributed by atoms with Crippen LogP contribution in [0.15, 0.2) is 41.9 Å². The van der Waals surface area contributed by atoms with Gasteiger partial charge < -0.3 is 15.4 Å². The van der Waals surface area contributed by atoms with Crippen molar-refractivity contribution >= 4 is 5.96 Å². The maximum Gasteiger partial charge on any atom is 0.191 e. The fraction of sp³-hybridized carbons (Fsp3) is 0.438. The predicted octanol–water partition coefficient (Wildman–Crippen LogP) is 2.51. The zero-order valence-corrected chi connectivity index (χ0v) is 12.5. The highest BCUT2D eigenvalue weighted by Gasteiger charge is 1.95. The lowest BCUT2D eigenvalue weighted by atomic mass is 10.2. The Labute approximate surface area is 121 Å². The van der Waals surface area contributed by atoms with Gasteiger partial charge in [0.1, 0.15) is 5.75 Å². The molecule has 20 heavy (non-hydrogen) atoms. The predicted molar refractivity (Wildman–Crippen MR) is 85.5 cm³/mol. The van der Waals surface area contributed by atoms with Crippen LogP contribution in [0.2, 0.25) is 0 Å². The molecular weight excluding hydrogens is 250 g/mol. The Morgan fingerprint density at radius 3 is 2.70 bits per heavy atom. The second kappa shape index (κ2) is 9.89. The highest BCUT2D eigenvalue weighted by molar-refractivity contribution is 5.79. The Balaban J connectivity index is 2.24. The first-order chi connectivity index (χ1) is 9.76. The SMILES string of the molecule is C=CCNC(=NCCCOc1ccc(C)cc1)NCC. The van der Waals surface area contributed by atoms with Gasteiger partial charge >= 0.3 is 0 Å². The van der Waals surface area contributed by atoms with E-state index in [0.717, 1.165) is 31.2 Å². The van der Waals surface area contributed by atoms with E-state index in [1.54, 1.807) is 0 Å². The molecule has 0 fully saturated rings.